The van der Waals surface area contributed by atoms with Crippen LogP contribution < -0.4 is 5.73 Å². The largest absolute Gasteiger partial charge is 0.396 e. The van der Waals surface area contributed by atoms with Gasteiger partial charge in [-0.3, -0.25) is 4.98 Å². The van der Waals surface area contributed by atoms with Crippen LogP contribution in [0.2, 0.25) is 0 Å². The van der Waals surface area contributed by atoms with E-state index in [2.05, 4.69) is 9.72 Å². The van der Waals surface area contributed by atoms with E-state index in [-0.39, 0.29) is 16.5 Å². The van der Waals surface area contributed by atoms with Crippen LogP contribution in [0.25, 0.3) is 0 Å². The van der Waals surface area contributed by atoms with Gasteiger partial charge in [0.25, 0.3) is 0 Å². The van der Waals surface area contributed by atoms with Crippen molar-refractivity contribution in [3.63, 3.8) is 0 Å². The number of sulfone groups is 1. The fraction of sp³-hybridized carbons (Fsp3) is 0.286. The number of hydrogen-bond acceptors (Lipinski definition) is 5. The van der Waals surface area contributed by atoms with Crippen LogP contribution in [0, 0.1) is 0 Å². The Morgan fingerprint density at radius 3 is 2.85 bits per heavy atom. The van der Waals surface area contributed by atoms with Crippen LogP contribution in [-0.4, -0.2) is 26.5 Å². The van der Waals surface area contributed by atoms with Crippen molar-refractivity contribution in [1.29, 1.82) is 0 Å². The minimum atomic E-state index is -3.43. The fourth-order valence-electron chi connectivity index (χ4n) is 0.896. The maximum absolute atomic E-state index is 11.4. The van der Waals surface area contributed by atoms with Crippen molar-refractivity contribution in [1.82, 2.24) is 4.98 Å². The van der Waals surface area contributed by atoms with Gasteiger partial charge in [0.1, 0.15) is 0 Å². The highest BCUT2D eigenvalue weighted by molar-refractivity contribution is 7.91. The van der Waals surface area contributed by atoms with Crippen molar-refractivity contribution in [2.45, 2.75) is 4.90 Å². The number of aromatic nitrogens is 1. The number of anilines is 1. The average molecular weight is 202 g/mol. The van der Waals surface area contributed by atoms with Crippen LogP contribution >= 0.6 is 0 Å². The SMILES string of the molecule is COCS(=O)(=O)c1ccncc1N. The fourth-order valence-corrected chi connectivity index (χ4v) is 2.01. The van der Waals surface area contributed by atoms with Gasteiger partial charge in [-0.1, -0.05) is 0 Å². The lowest BCUT2D eigenvalue weighted by Gasteiger charge is -2.04. The Morgan fingerprint density at radius 2 is 2.31 bits per heavy atom. The van der Waals surface area contributed by atoms with Gasteiger partial charge >= 0.3 is 0 Å². The van der Waals surface area contributed by atoms with Crippen LogP contribution in [0.3, 0.4) is 0 Å². The molecule has 0 atom stereocenters. The predicted molar refractivity (Wildman–Crippen MR) is 47.7 cm³/mol. The van der Waals surface area contributed by atoms with Crippen LogP contribution in [0.15, 0.2) is 23.4 Å². The molecule has 1 aromatic rings. The monoisotopic (exact) mass is 202 g/mol. The highest BCUT2D eigenvalue weighted by Gasteiger charge is 2.16. The molecule has 1 heterocycles. The number of ether oxygens (including phenoxy) is 1. The number of methoxy groups -OCH3 is 1. The molecule has 1 rings (SSSR count). The van der Waals surface area contributed by atoms with Gasteiger partial charge in [-0.15, -0.1) is 0 Å². The van der Waals surface area contributed by atoms with Gasteiger partial charge < -0.3 is 10.5 Å². The molecule has 1 aromatic heterocycles. The molecule has 0 saturated heterocycles. The van der Waals surface area contributed by atoms with E-state index in [9.17, 15) is 8.42 Å². The van der Waals surface area contributed by atoms with Crippen molar-refractivity contribution in [3.05, 3.63) is 18.5 Å². The van der Waals surface area contributed by atoms with E-state index >= 15 is 0 Å². The Morgan fingerprint density at radius 1 is 1.62 bits per heavy atom. The lowest BCUT2D eigenvalue weighted by molar-refractivity contribution is 0.250. The number of hydrogen-bond donors (Lipinski definition) is 1. The molecule has 0 aliphatic rings. The van der Waals surface area contributed by atoms with Gasteiger partial charge in [-0.2, -0.15) is 0 Å². The number of nitrogen functional groups attached to an aromatic ring is 1. The molecule has 0 aromatic carbocycles. The van der Waals surface area contributed by atoms with Gasteiger partial charge in [0, 0.05) is 13.3 Å². The first-order chi connectivity index (χ1) is 6.08. The van der Waals surface area contributed by atoms with Crippen molar-refractivity contribution >= 4 is 15.5 Å². The minimum Gasteiger partial charge on any atom is -0.396 e. The van der Waals surface area contributed by atoms with E-state index in [0.717, 1.165) is 0 Å². The third-order valence-corrected chi connectivity index (χ3v) is 3.01. The summed E-state index contributed by atoms with van der Waals surface area (Å²) < 4.78 is 27.4. The highest BCUT2D eigenvalue weighted by Crippen LogP contribution is 2.17. The number of pyridine rings is 1. The molecule has 0 aliphatic carbocycles. The summed E-state index contributed by atoms with van der Waals surface area (Å²) in [6, 6.07) is 1.35. The average Bonchev–Trinajstić information content (AvgIpc) is 2.04. The van der Waals surface area contributed by atoms with Gasteiger partial charge in [0.15, 0.2) is 5.94 Å². The second-order valence-electron chi connectivity index (χ2n) is 2.43. The molecule has 6 heteroatoms. The molecule has 5 nitrogen and oxygen atoms in total. The first kappa shape index (κ1) is 9.94. The lowest BCUT2D eigenvalue weighted by atomic mass is 10.4. The third kappa shape index (κ3) is 2.16. The van der Waals surface area contributed by atoms with Crippen molar-refractivity contribution in [2.75, 3.05) is 18.8 Å². The molecule has 0 fully saturated rings. The molecular weight excluding hydrogens is 192 g/mol. The van der Waals surface area contributed by atoms with E-state index in [0.29, 0.717) is 0 Å². The molecule has 0 bridgehead atoms. The van der Waals surface area contributed by atoms with E-state index in [1.165, 1.54) is 25.6 Å². The molecule has 0 spiro atoms. The van der Waals surface area contributed by atoms with Gasteiger partial charge in [-0.25, -0.2) is 8.42 Å². The summed E-state index contributed by atoms with van der Waals surface area (Å²) in [6.07, 6.45) is 2.67. The van der Waals surface area contributed by atoms with E-state index in [1.807, 2.05) is 0 Å². The van der Waals surface area contributed by atoms with Crippen molar-refractivity contribution in [3.8, 4) is 0 Å². The van der Waals surface area contributed by atoms with Crippen molar-refractivity contribution in [2.24, 2.45) is 0 Å². The Bertz CT molecular complexity index is 388. The Kier molecular flexibility index (Phi) is 2.84. The summed E-state index contributed by atoms with van der Waals surface area (Å²) in [5, 5.41) is 0. The summed E-state index contributed by atoms with van der Waals surface area (Å²) in [4.78, 5) is 3.75. The summed E-state index contributed by atoms with van der Waals surface area (Å²) in [6.45, 7) is 0. The zero-order chi connectivity index (χ0) is 9.90. The molecule has 13 heavy (non-hydrogen) atoms. The normalized spacial score (nSPS) is 11.5. The molecule has 2 N–H and O–H groups in total. The highest BCUT2D eigenvalue weighted by atomic mass is 32.2. The summed E-state index contributed by atoms with van der Waals surface area (Å²) >= 11 is 0. The second-order valence-corrected chi connectivity index (χ2v) is 4.34. The Balaban J connectivity index is 3.15. The molecule has 0 radical (unpaired) electrons. The maximum atomic E-state index is 11.4. The van der Waals surface area contributed by atoms with E-state index < -0.39 is 9.84 Å². The van der Waals surface area contributed by atoms with Crippen LogP contribution in [0.4, 0.5) is 5.69 Å². The Hall–Kier alpha value is -1.14. The summed E-state index contributed by atoms with van der Waals surface area (Å²) in [5.41, 5.74) is 5.58. The minimum absolute atomic E-state index is 0.0596. The van der Waals surface area contributed by atoms with E-state index in [1.54, 1.807) is 0 Å². The van der Waals surface area contributed by atoms with Gasteiger partial charge in [0.2, 0.25) is 9.84 Å². The van der Waals surface area contributed by atoms with E-state index in [4.69, 9.17) is 5.73 Å². The Labute approximate surface area is 76.5 Å². The first-order valence-electron chi connectivity index (χ1n) is 3.49. The smallest absolute Gasteiger partial charge is 0.204 e. The van der Waals surface area contributed by atoms with Crippen LogP contribution in [0.5, 0.6) is 0 Å². The third-order valence-electron chi connectivity index (χ3n) is 1.42. The zero-order valence-corrected chi connectivity index (χ0v) is 7.91. The van der Waals surface area contributed by atoms with Crippen LogP contribution in [-0.2, 0) is 14.6 Å². The quantitative estimate of drug-likeness (QED) is 0.748. The van der Waals surface area contributed by atoms with Crippen LogP contribution in [0.1, 0.15) is 0 Å². The molecule has 0 unspecified atom stereocenters. The lowest BCUT2D eigenvalue weighted by Crippen LogP contribution is -2.10. The molecular formula is C7H10N2O3S. The number of nitrogens with zero attached hydrogens (tertiary/aromatic N) is 1. The topological polar surface area (TPSA) is 82.3 Å². The predicted octanol–water partition coefficient (Wildman–Crippen LogP) is 0.0414. The zero-order valence-electron chi connectivity index (χ0n) is 7.10. The molecule has 72 valence electrons. The maximum Gasteiger partial charge on any atom is 0.204 e. The summed E-state index contributed by atoms with van der Waals surface area (Å²) in [5.74, 6) is -0.374. The molecule has 0 saturated carbocycles. The summed E-state index contributed by atoms with van der Waals surface area (Å²) in [7, 11) is -2.11. The molecule has 0 aliphatic heterocycles. The number of nitrogens with two attached hydrogens (primary N) is 1. The molecule has 0 amide bonds. The number of rotatable bonds is 3. The van der Waals surface area contributed by atoms with Crippen molar-refractivity contribution < 1.29 is 13.2 Å². The first-order valence-corrected chi connectivity index (χ1v) is 5.14. The van der Waals surface area contributed by atoms with Gasteiger partial charge in [-0.05, 0) is 6.07 Å². The second kappa shape index (κ2) is 3.71. The standard InChI is InChI=1S/C7H10N2O3S/c1-12-5-13(10,11)7-2-3-9-4-6(7)8/h2-4H,5,8H2,1H3. The van der Waals surface area contributed by atoms with Gasteiger partial charge in [0.05, 0.1) is 16.8 Å².